The van der Waals surface area contributed by atoms with Gasteiger partial charge in [-0.05, 0) is 55.0 Å². The van der Waals surface area contributed by atoms with Crippen molar-refractivity contribution < 1.29 is 23.6 Å². The van der Waals surface area contributed by atoms with Crippen LogP contribution in [0.4, 0.5) is 4.39 Å². The van der Waals surface area contributed by atoms with Gasteiger partial charge in [-0.15, -0.1) is 0 Å². The molecule has 0 saturated carbocycles. The molecule has 12 heteroatoms. The molecule has 1 aromatic rings. The summed E-state index contributed by atoms with van der Waals surface area (Å²) in [7, 11) is 0. The van der Waals surface area contributed by atoms with Crippen molar-refractivity contribution in [2.75, 3.05) is 19.8 Å². The quantitative estimate of drug-likeness (QED) is 0.144. The summed E-state index contributed by atoms with van der Waals surface area (Å²) in [5, 5.41) is 15.1. The van der Waals surface area contributed by atoms with E-state index in [-0.39, 0.29) is 30.4 Å². The first kappa shape index (κ1) is 29.9. The molecule has 0 radical (unpaired) electrons. The summed E-state index contributed by atoms with van der Waals surface area (Å²) >= 11 is 3.32. The van der Waals surface area contributed by atoms with Gasteiger partial charge in [-0.2, -0.15) is 0 Å². The van der Waals surface area contributed by atoms with Gasteiger partial charge in [0.1, 0.15) is 18.1 Å². The van der Waals surface area contributed by atoms with Crippen LogP contribution in [-0.2, 0) is 14.4 Å². The Morgan fingerprint density at radius 2 is 1.86 bits per heavy atom. The molecule has 0 unspecified atom stereocenters. The second-order valence-electron chi connectivity index (χ2n) is 9.18. The lowest BCUT2D eigenvalue weighted by molar-refractivity contribution is -0.141. The van der Waals surface area contributed by atoms with Crippen LogP contribution < -0.4 is 21.7 Å². The van der Waals surface area contributed by atoms with E-state index >= 15 is 0 Å². The van der Waals surface area contributed by atoms with E-state index in [2.05, 4.69) is 38.5 Å². The molecule has 6 N–H and O–H groups in total. The largest absolute Gasteiger partial charge is 0.370 e. The van der Waals surface area contributed by atoms with Gasteiger partial charge in [0.15, 0.2) is 18.4 Å². The number of amides is 3. The Bertz CT molecular complexity index is 1030. The zero-order valence-electron chi connectivity index (χ0n) is 21.0. The summed E-state index contributed by atoms with van der Waals surface area (Å²) in [5.41, 5.74) is 5.89. The molecule has 3 amide bonds. The van der Waals surface area contributed by atoms with Crippen LogP contribution in [0.15, 0.2) is 40.9 Å². The van der Waals surface area contributed by atoms with E-state index in [1.807, 2.05) is 0 Å². The number of hydrogen-bond acceptors (Lipinski definition) is 5. The predicted molar refractivity (Wildman–Crippen MR) is 142 cm³/mol. The molecule has 1 aromatic carbocycles. The molecule has 1 aliphatic heterocycles. The Morgan fingerprint density at radius 3 is 2.43 bits per heavy atom. The van der Waals surface area contributed by atoms with Gasteiger partial charge >= 0.3 is 0 Å². The van der Waals surface area contributed by atoms with Crippen molar-refractivity contribution in [1.29, 1.82) is 5.41 Å². The zero-order chi connectivity index (χ0) is 27.7. The third-order valence-electron chi connectivity index (χ3n) is 6.07. The number of rotatable bonds is 12. The Hall–Kier alpha value is -3.28. The topological polar surface area (TPSA) is 157 Å². The molecule has 1 aliphatic rings. The van der Waals surface area contributed by atoms with E-state index < -0.39 is 48.3 Å². The minimum atomic E-state index is -1.30. The highest BCUT2D eigenvalue weighted by atomic mass is 79.9. The Balaban J connectivity index is 2.13. The highest BCUT2D eigenvalue weighted by molar-refractivity contribution is 9.10. The van der Waals surface area contributed by atoms with Crippen LogP contribution in [0, 0.1) is 11.3 Å². The highest BCUT2D eigenvalue weighted by Crippen LogP contribution is 2.22. The van der Waals surface area contributed by atoms with Crippen LogP contribution in [0.2, 0.25) is 0 Å². The van der Waals surface area contributed by atoms with E-state index in [4.69, 9.17) is 11.1 Å². The van der Waals surface area contributed by atoms with Gasteiger partial charge in [-0.3, -0.25) is 24.6 Å². The number of halogens is 2. The molecule has 1 fully saturated rings. The fourth-order valence-electron chi connectivity index (χ4n) is 4.05. The zero-order valence-corrected chi connectivity index (χ0v) is 22.6. The van der Waals surface area contributed by atoms with Gasteiger partial charge < -0.3 is 26.6 Å². The molecule has 0 bridgehead atoms. The number of ketones is 1. The van der Waals surface area contributed by atoms with Gasteiger partial charge in [-0.1, -0.05) is 36.4 Å². The molecule has 1 heterocycles. The molecule has 1 saturated heterocycles. The third kappa shape index (κ3) is 8.38. The number of alkyl halides is 1. The Morgan fingerprint density at radius 1 is 1.22 bits per heavy atom. The van der Waals surface area contributed by atoms with E-state index in [9.17, 15) is 23.6 Å². The van der Waals surface area contributed by atoms with Gasteiger partial charge in [0, 0.05) is 23.1 Å². The second kappa shape index (κ2) is 13.9. The number of guanidine groups is 1. The van der Waals surface area contributed by atoms with Crippen molar-refractivity contribution >= 4 is 45.4 Å². The summed E-state index contributed by atoms with van der Waals surface area (Å²) in [6.07, 6.45) is 1.08. The number of likely N-dealkylation sites (tertiary alicyclic amines) is 1. The first-order valence-electron chi connectivity index (χ1n) is 12.0. The lowest BCUT2D eigenvalue weighted by atomic mass is 10.00. The molecule has 3 atom stereocenters. The molecule has 202 valence electrons. The molecule has 37 heavy (non-hydrogen) atoms. The summed E-state index contributed by atoms with van der Waals surface area (Å²) in [5.74, 6) is -2.80. The maximum Gasteiger partial charge on any atom is 0.251 e. The van der Waals surface area contributed by atoms with Crippen LogP contribution in [-0.4, -0.2) is 72.3 Å². The predicted octanol–water partition coefficient (Wildman–Crippen LogP) is 1.65. The number of nitrogens with one attached hydrogen (secondary N) is 4. The van der Waals surface area contributed by atoms with Gasteiger partial charge in [0.25, 0.3) is 5.91 Å². The van der Waals surface area contributed by atoms with Crippen molar-refractivity contribution in [3.63, 3.8) is 0 Å². The number of nitrogens with zero attached hydrogens (tertiary/aromatic N) is 1. The van der Waals surface area contributed by atoms with Crippen LogP contribution in [0.3, 0.4) is 0 Å². The van der Waals surface area contributed by atoms with Crippen LogP contribution >= 0.6 is 15.9 Å². The van der Waals surface area contributed by atoms with E-state index in [0.29, 0.717) is 24.9 Å². The highest BCUT2D eigenvalue weighted by Gasteiger charge is 2.40. The van der Waals surface area contributed by atoms with Crippen LogP contribution in [0.1, 0.15) is 43.5 Å². The minimum Gasteiger partial charge on any atom is -0.370 e. The summed E-state index contributed by atoms with van der Waals surface area (Å²) in [6.45, 7) is 6.57. The lowest BCUT2D eigenvalue weighted by Gasteiger charge is -2.31. The van der Waals surface area contributed by atoms with Crippen molar-refractivity contribution in [2.45, 2.75) is 51.2 Å². The monoisotopic (exact) mass is 580 g/mol. The van der Waals surface area contributed by atoms with Gasteiger partial charge in [0.05, 0.1) is 0 Å². The lowest BCUT2D eigenvalue weighted by Crippen LogP contribution is -2.56. The SMILES string of the molecule is C=C(CCNC(=N)N)[C@H](NC(=O)[C@@H]1CCCN1C(=O)[C@@H](NC(=O)c1ccc(Br)cc1)C(C)C)C(=O)CF. The van der Waals surface area contributed by atoms with Gasteiger partial charge in [0.2, 0.25) is 11.8 Å². The standard InChI is InChI=1S/C25H34BrFN6O4/c1-14(2)20(31-22(35)16-6-8-17(26)9-7-16)24(37)33-12-4-5-18(33)23(36)32-21(19(34)13-27)15(3)10-11-30-25(28)29/h6-9,14,18,20-21H,3-5,10-13H2,1-2H3,(H,31,35)(H,32,36)(H4,28,29,30)/t18-,20-,21-/m0/s1. The van der Waals surface area contributed by atoms with Crippen molar-refractivity contribution in [3.8, 4) is 0 Å². The van der Waals surface area contributed by atoms with E-state index in [0.717, 1.165) is 4.47 Å². The maximum absolute atomic E-state index is 13.5. The van der Waals surface area contributed by atoms with Crippen molar-refractivity contribution in [3.05, 3.63) is 46.5 Å². The fourth-order valence-corrected chi connectivity index (χ4v) is 4.31. The molecule has 10 nitrogen and oxygen atoms in total. The molecule has 2 rings (SSSR count). The number of carbonyl (C=O) groups is 4. The van der Waals surface area contributed by atoms with E-state index in [1.165, 1.54) is 4.90 Å². The first-order chi connectivity index (χ1) is 17.5. The summed E-state index contributed by atoms with van der Waals surface area (Å²) in [4.78, 5) is 53.0. The molecule has 0 spiro atoms. The fraction of sp³-hybridized carbons (Fsp3) is 0.480. The molecule has 0 aliphatic carbocycles. The number of hydrogen-bond donors (Lipinski definition) is 5. The summed E-state index contributed by atoms with van der Waals surface area (Å²) < 4.78 is 14.1. The second-order valence-corrected chi connectivity index (χ2v) is 10.1. The number of benzene rings is 1. The van der Waals surface area contributed by atoms with Crippen molar-refractivity contribution in [1.82, 2.24) is 20.9 Å². The molecular weight excluding hydrogens is 547 g/mol. The molecular formula is C25H34BrFN6O4. The Labute approximate surface area is 224 Å². The van der Waals surface area contributed by atoms with Crippen molar-refractivity contribution in [2.24, 2.45) is 11.7 Å². The Kier molecular flexibility index (Phi) is 11.2. The van der Waals surface area contributed by atoms with Gasteiger partial charge in [-0.25, -0.2) is 4.39 Å². The minimum absolute atomic E-state index is 0.168. The average molecular weight is 581 g/mol. The smallest absolute Gasteiger partial charge is 0.251 e. The average Bonchev–Trinajstić information content (AvgIpc) is 3.34. The first-order valence-corrected chi connectivity index (χ1v) is 12.8. The molecule has 0 aromatic heterocycles. The van der Waals surface area contributed by atoms with Crippen LogP contribution in [0.25, 0.3) is 0 Å². The van der Waals surface area contributed by atoms with Crippen LogP contribution in [0.5, 0.6) is 0 Å². The number of carbonyl (C=O) groups excluding carboxylic acids is 4. The van der Waals surface area contributed by atoms with E-state index in [1.54, 1.807) is 38.1 Å². The normalized spacial score (nSPS) is 16.6. The number of Topliss-reactive ketones (excluding diaryl/α,β-unsaturated/α-hetero) is 1. The number of nitrogens with two attached hydrogens (primary N) is 1. The third-order valence-corrected chi connectivity index (χ3v) is 6.60. The maximum atomic E-state index is 13.5. The summed E-state index contributed by atoms with van der Waals surface area (Å²) in [6, 6.07) is 3.68.